The van der Waals surface area contributed by atoms with Gasteiger partial charge in [-0.3, -0.25) is 4.79 Å². The third kappa shape index (κ3) is 6.17. The highest BCUT2D eigenvalue weighted by molar-refractivity contribution is 6.30. The van der Waals surface area contributed by atoms with Crippen molar-refractivity contribution in [3.63, 3.8) is 0 Å². The Morgan fingerprint density at radius 1 is 0.871 bits per heavy atom. The maximum atomic E-state index is 13.1. The molecule has 0 saturated carbocycles. The van der Waals surface area contributed by atoms with Crippen molar-refractivity contribution in [2.75, 3.05) is 19.6 Å². The Kier molecular flexibility index (Phi) is 8.66. The minimum absolute atomic E-state index is 0.168. The highest BCUT2D eigenvalue weighted by atomic mass is 16.1. The lowest BCUT2D eigenvalue weighted by molar-refractivity contribution is 0.105. The van der Waals surface area contributed by atoms with Gasteiger partial charge < -0.3 is 4.90 Å². The molecule has 2 aromatic carbocycles. The fraction of sp³-hybridized carbons (Fsp3) is 0.483. The van der Waals surface area contributed by atoms with Crippen LogP contribution in [0.15, 0.2) is 48.0 Å². The number of rotatable bonds is 5. The van der Waals surface area contributed by atoms with Gasteiger partial charge in [-0.1, -0.05) is 79.4 Å². The van der Waals surface area contributed by atoms with Crippen LogP contribution in [-0.2, 0) is 6.42 Å². The van der Waals surface area contributed by atoms with Crippen LogP contribution in [0, 0.1) is 13.8 Å². The van der Waals surface area contributed by atoms with Crippen LogP contribution in [0.25, 0.3) is 5.57 Å². The van der Waals surface area contributed by atoms with Crippen molar-refractivity contribution in [1.29, 1.82) is 0 Å². The zero-order valence-corrected chi connectivity index (χ0v) is 20.0. The van der Waals surface area contributed by atoms with Crippen molar-refractivity contribution in [3.05, 3.63) is 75.9 Å². The number of Topliss-reactive ketones (excluding diaryl/α,β-unsaturated/α-hetero) is 1. The second-order valence-electron chi connectivity index (χ2n) is 9.09. The number of carbonyl (C=O) groups is 1. The maximum absolute atomic E-state index is 13.1. The van der Waals surface area contributed by atoms with Gasteiger partial charge in [0.1, 0.15) is 0 Å². The van der Waals surface area contributed by atoms with Crippen molar-refractivity contribution < 1.29 is 4.79 Å². The van der Waals surface area contributed by atoms with E-state index in [1.165, 1.54) is 67.6 Å². The molecule has 31 heavy (non-hydrogen) atoms. The van der Waals surface area contributed by atoms with E-state index in [0.29, 0.717) is 0 Å². The number of ketones is 1. The quantitative estimate of drug-likeness (QED) is 0.480. The van der Waals surface area contributed by atoms with Gasteiger partial charge in [-0.2, -0.15) is 0 Å². The number of aryl methyl sites for hydroxylation is 3. The topological polar surface area (TPSA) is 20.3 Å². The van der Waals surface area contributed by atoms with Gasteiger partial charge in [0.05, 0.1) is 0 Å². The van der Waals surface area contributed by atoms with Gasteiger partial charge in [0.2, 0.25) is 0 Å². The molecule has 1 aliphatic carbocycles. The number of piperidine rings is 1. The molecule has 0 aromatic heterocycles. The van der Waals surface area contributed by atoms with Gasteiger partial charge in [-0.15, -0.1) is 0 Å². The Balaban J connectivity index is 0.000000254. The second kappa shape index (κ2) is 11.4. The number of hydrogen-bond donors (Lipinski definition) is 0. The molecular weight excluding hydrogens is 378 g/mol. The summed E-state index contributed by atoms with van der Waals surface area (Å²) in [4.78, 5) is 15.6. The Morgan fingerprint density at radius 3 is 2.19 bits per heavy atom. The molecule has 2 aromatic rings. The number of allylic oxidation sites excluding steroid dienone is 2. The van der Waals surface area contributed by atoms with Gasteiger partial charge >= 0.3 is 0 Å². The van der Waals surface area contributed by atoms with Gasteiger partial charge in [0.25, 0.3) is 0 Å². The molecule has 166 valence electrons. The molecule has 0 radical (unpaired) electrons. The highest BCUT2D eigenvalue weighted by Crippen LogP contribution is 2.35. The molecule has 1 aliphatic heterocycles. The third-order valence-corrected chi connectivity index (χ3v) is 6.54. The van der Waals surface area contributed by atoms with Crippen LogP contribution in [-0.4, -0.2) is 30.3 Å². The molecule has 0 atom stereocenters. The first-order valence-electron chi connectivity index (χ1n) is 12.2. The van der Waals surface area contributed by atoms with Gasteiger partial charge in [-0.25, -0.2) is 0 Å². The van der Waals surface area contributed by atoms with Gasteiger partial charge in [0.15, 0.2) is 5.78 Å². The maximum Gasteiger partial charge on any atom is 0.193 e. The monoisotopic (exact) mass is 417 g/mol. The van der Waals surface area contributed by atoms with Crippen molar-refractivity contribution in [3.8, 4) is 0 Å². The van der Waals surface area contributed by atoms with E-state index in [0.717, 1.165) is 36.0 Å². The fourth-order valence-corrected chi connectivity index (χ4v) is 4.76. The molecule has 0 amide bonds. The van der Waals surface area contributed by atoms with Crippen LogP contribution in [0.4, 0.5) is 0 Å². The number of nitrogens with zero attached hydrogens (tertiary/aromatic N) is 1. The molecule has 2 nitrogen and oxygen atoms in total. The lowest BCUT2D eigenvalue weighted by atomic mass is 9.80. The van der Waals surface area contributed by atoms with Crippen LogP contribution in [0.3, 0.4) is 0 Å². The molecule has 2 heteroatoms. The summed E-state index contributed by atoms with van der Waals surface area (Å²) < 4.78 is 0. The van der Waals surface area contributed by atoms with Crippen LogP contribution in [0.5, 0.6) is 0 Å². The van der Waals surface area contributed by atoms with Crippen molar-refractivity contribution in [2.24, 2.45) is 0 Å². The van der Waals surface area contributed by atoms with Gasteiger partial charge in [0, 0.05) is 11.1 Å². The first-order valence-corrected chi connectivity index (χ1v) is 12.2. The molecule has 1 heterocycles. The summed E-state index contributed by atoms with van der Waals surface area (Å²) in [5.41, 5.74) is 7.92. The van der Waals surface area contributed by atoms with E-state index in [4.69, 9.17) is 0 Å². The van der Waals surface area contributed by atoms with Crippen molar-refractivity contribution >= 4 is 11.4 Å². The predicted octanol–water partition coefficient (Wildman–Crippen LogP) is 7.18. The third-order valence-electron chi connectivity index (χ3n) is 6.54. The lowest BCUT2D eigenvalue weighted by Crippen LogP contribution is -2.30. The van der Waals surface area contributed by atoms with E-state index in [1.807, 2.05) is 31.2 Å². The first kappa shape index (κ1) is 23.5. The number of likely N-dealkylation sites (tertiary alicyclic amines) is 1. The van der Waals surface area contributed by atoms with Crippen LogP contribution in [0.1, 0.15) is 85.0 Å². The lowest BCUT2D eigenvalue weighted by Gasteiger charge is -2.25. The number of hydrogen-bond acceptors (Lipinski definition) is 2. The Morgan fingerprint density at radius 2 is 1.55 bits per heavy atom. The number of benzene rings is 2. The highest BCUT2D eigenvalue weighted by Gasteiger charge is 2.24. The minimum atomic E-state index is 0.168. The van der Waals surface area contributed by atoms with Gasteiger partial charge in [-0.05, 0) is 83.1 Å². The van der Waals surface area contributed by atoms with Crippen LogP contribution in [0.2, 0.25) is 0 Å². The smallest absolute Gasteiger partial charge is 0.193 e. The second-order valence-corrected chi connectivity index (χ2v) is 9.09. The Hall–Kier alpha value is -2.19. The minimum Gasteiger partial charge on any atom is -0.303 e. The SMILES string of the molecule is CCC1=C(C(=O)c2ccc(C)cc2)c2ccc(C)cc2CC1.CCCN1CCCCC1. The molecule has 0 bridgehead atoms. The summed E-state index contributed by atoms with van der Waals surface area (Å²) >= 11 is 0. The predicted molar refractivity (Wildman–Crippen MR) is 133 cm³/mol. The van der Waals surface area contributed by atoms with E-state index >= 15 is 0 Å². The van der Waals surface area contributed by atoms with Crippen LogP contribution >= 0.6 is 0 Å². The average molecular weight is 418 g/mol. The van der Waals surface area contributed by atoms with Crippen molar-refractivity contribution in [2.45, 2.75) is 72.6 Å². The first-order chi connectivity index (χ1) is 15.0. The average Bonchev–Trinajstić information content (AvgIpc) is 2.79. The molecule has 0 spiro atoms. The molecule has 1 fully saturated rings. The Labute approximate surface area is 189 Å². The van der Waals surface area contributed by atoms with E-state index in [2.05, 4.69) is 43.9 Å². The Bertz CT molecular complexity index is 898. The van der Waals surface area contributed by atoms with Crippen molar-refractivity contribution in [1.82, 2.24) is 4.90 Å². The fourth-order valence-electron chi connectivity index (χ4n) is 4.76. The number of fused-ring (bicyclic) bond motifs is 1. The summed E-state index contributed by atoms with van der Waals surface area (Å²) in [5, 5.41) is 0. The van der Waals surface area contributed by atoms with E-state index in [1.54, 1.807) is 0 Å². The molecular formula is C29H39NO. The molecule has 0 N–H and O–H groups in total. The molecule has 1 saturated heterocycles. The summed E-state index contributed by atoms with van der Waals surface area (Å²) in [6.07, 6.45) is 8.63. The van der Waals surface area contributed by atoms with E-state index < -0.39 is 0 Å². The zero-order valence-electron chi connectivity index (χ0n) is 20.0. The zero-order chi connectivity index (χ0) is 22.2. The number of carbonyl (C=O) groups excluding carboxylic acids is 1. The summed E-state index contributed by atoms with van der Waals surface area (Å²) in [5.74, 6) is 0.168. The van der Waals surface area contributed by atoms with E-state index in [9.17, 15) is 4.79 Å². The summed E-state index contributed by atoms with van der Waals surface area (Å²) in [6, 6.07) is 14.4. The molecule has 4 rings (SSSR count). The molecule has 2 aliphatic rings. The molecule has 0 unspecified atom stereocenters. The summed E-state index contributed by atoms with van der Waals surface area (Å²) in [6.45, 7) is 12.6. The standard InChI is InChI=1S/C21H22O.C8H17N/c1-4-16-10-11-18-13-15(3)7-12-19(18)20(16)21(22)17-8-5-14(2)6-9-17;1-2-6-9-7-4-3-5-8-9/h5-9,12-13H,4,10-11H2,1-3H3;2-8H2,1H3. The normalized spacial score (nSPS) is 16.4. The van der Waals surface area contributed by atoms with Crippen LogP contribution < -0.4 is 0 Å². The largest absolute Gasteiger partial charge is 0.303 e. The van der Waals surface area contributed by atoms with E-state index in [-0.39, 0.29) is 5.78 Å². The summed E-state index contributed by atoms with van der Waals surface area (Å²) in [7, 11) is 0.